The first-order chi connectivity index (χ1) is 9.24. The summed E-state index contributed by atoms with van der Waals surface area (Å²) in [5, 5.41) is 8.91. The van der Waals surface area contributed by atoms with Crippen molar-refractivity contribution in [1.29, 1.82) is 0 Å². The van der Waals surface area contributed by atoms with Gasteiger partial charge in [0.2, 0.25) is 0 Å². The van der Waals surface area contributed by atoms with E-state index in [1.807, 2.05) is 6.07 Å². The topological polar surface area (TPSA) is 43.8 Å². The van der Waals surface area contributed by atoms with E-state index >= 15 is 0 Å². The van der Waals surface area contributed by atoms with Crippen LogP contribution in [0.2, 0.25) is 0 Å². The minimum Gasteiger partial charge on any atom is -0.481 e. The molecule has 4 nitrogen and oxygen atoms in total. The second kappa shape index (κ2) is 5.21. The molecular formula is C15H20N2O2. The van der Waals surface area contributed by atoms with Gasteiger partial charge in [-0.1, -0.05) is 18.2 Å². The lowest BCUT2D eigenvalue weighted by atomic mass is 9.93. The van der Waals surface area contributed by atoms with Gasteiger partial charge in [-0.25, -0.2) is 0 Å². The predicted molar refractivity (Wildman–Crippen MR) is 74.4 cm³/mol. The fraction of sp³-hybridized carbons (Fsp3) is 0.533. The van der Waals surface area contributed by atoms with Gasteiger partial charge in [0.1, 0.15) is 0 Å². The van der Waals surface area contributed by atoms with Gasteiger partial charge in [-0.3, -0.25) is 9.69 Å². The van der Waals surface area contributed by atoms with Gasteiger partial charge in [-0.05, 0) is 25.0 Å². The highest BCUT2D eigenvalue weighted by Gasteiger charge is 2.37. The van der Waals surface area contributed by atoms with Gasteiger partial charge in [-0.15, -0.1) is 0 Å². The minimum absolute atomic E-state index is 0.132. The molecule has 1 aromatic carbocycles. The number of para-hydroxylation sites is 1. The highest BCUT2D eigenvalue weighted by molar-refractivity contribution is 5.71. The zero-order valence-corrected chi connectivity index (χ0v) is 11.0. The molecule has 0 bridgehead atoms. The summed E-state index contributed by atoms with van der Waals surface area (Å²) in [6, 6.07) is 11.1. The third-order valence-corrected chi connectivity index (χ3v) is 4.36. The smallest absolute Gasteiger partial charge is 0.309 e. The standard InChI is InChI=1S/C15H20N2O2/c18-15(19)12-10-17(11-12)14-6-8-16(9-7-14)13-4-2-1-3-5-13/h1-5,12,14H,6-11H2,(H,18,19). The summed E-state index contributed by atoms with van der Waals surface area (Å²) in [4.78, 5) is 15.6. The quantitative estimate of drug-likeness (QED) is 0.898. The van der Waals surface area contributed by atoms with Crippen LogP contribution in [0.3, 0.4) is 0 Å². The number of likely N-dealkylation sites (tertiary alicyclic amines) is 1. The Morgan fingerprint density at radius 1 is 1.11 bits per heavy atom. The number of anilines is 1. The van der Waals surface area contributed by atoms with Gasteiger partial charge < -0.3 is 10.0 Å². The van der Waals surface area contributed by atoms with Crippen molar-refractivity contribution >= 4 is 11.7 Å². The van der Waals surface area contributed by atoms with Crippen molar-refractivity contribution in [3.63, 3.8) is 0 Å². The average molecular weight is 260 g/mol. The number of carboxylic acids is 1. The van der Waals surface area contributed by atoms with Gasteiger partial charge in [0.15, 0.2) is 0 Å². The van der Waals surface area contributed by atoms with Crippen LogP contribution in [0.1, 0.15) is 12.8 Å². The molecule has 2 heterocycles. The van der Waals surface area contributed by atoms with Crippen LogP contribution in [0, 0.1) is 5.92 Å². The van der Waals surface area contributed by atoms with E-state index < -0.39 is 5.97 Å². The zero-order valence-electron chi connectivity index (χ0n) is 11.0. The Balaban J connectivity index is 1.49. The first-order valence-corrected chi connectivity index (χ1v) is 7.01. The summed E-state index contributed by atoms with van der Waals surface area (Å²) < 4.78 is 0. The largest absolute Gasteiger partial charge is 0.481 e. The molecule has 2 saturated heterocycles. The number of carbonyl (C=O) groups is 1. The molecule has 3 rings (SSSR count). The van der Waals surface area contributed by atoms with Gasteiger partial charge in [-0.2, -0.15) is 0 Å². The van der Waals surface area contributed by atoms with Crippen molar-refractivity contribution in [3.8, 4) is 0 Å². The van der Waals surface area contributed by atoms with Crippen molar-refractivity contribution < 1.29 is 9.90 Å². The molecule has 2 aliphatic heterocycles. The number of benzene rings is 1. The summed E-state index contributed by atoms with van der Waals surface area (Å²) >= 11 is 0. The Kier molecular flexibility index (Phi) is 3.42. The molecule has 0 unspecified atom stereocenters. The van der Waals surface area contributed by atoms with Crippen molar-refractivity contribution in [1.82, 2.24) is 4.90 Å². The number of hydrogen-bond acceptors (Lipinski definition) is 3. The van der Waals surface area contributed by atoms with Crippen LogP contribution in [0.25, 0.3) is 0 Å². The molecule has 2 fully saturated rings. The van der Waals surface area contributed by atoms with E-state index in [1.54, 1.807) is 0 Å². The summed E-state index contributed by atoms with van der Waals surface area (Å²) in [5.41, 5.74) is 1.30. The van der Waals surface area contributed by atoms with Crippen LogP contribution in [0.4, 0.5) is 5.69 Å². The predicted octanol–water partition coefficient (Wildman–Crippen LogP) is 1.67. The van der Waals surface area contributed by atoms with Crippen LogP contribution < -0.4 is 4.90 Å². The van der Waals surface area contributed by atoms with E-state index in [4.69, 9.17) is 5.11 Å². The van der Waals surface area contributed by atoms with Crippen molar-refractivity contribution in [3.05, 3.63) is 30.3 Å². The average Bonchev–Trinajstić information content (AvgIpc) is 2.38. The first kappa shape index (κ1) is 12.5. The number of rotatable bonds is 3. The molecular weight excluding hydrogens is 240 g/mol. The van der Waals surface area contributed by atoms with Crippen LogP contribution in [-0.4, -0.2) is 48.2 Å². The Bertz CT molecular complexity index is 435. The summed E-state index contributed by atoms with van der Waals surface area (Å²) in [6.45, 7) is 3.63. The maximum atomic E-state index is 10.8. The van der Waals surface area contributed by atoms with E-state index in [1.165, 1.54) is 5.69 Å². The number of aliphatic carboxylic acids is 1. The van der Waals surface area contributed by atoms with Crippen LogP contribution >= 0.6 is 0 Å². The molecule has 4 heteroatoms. The highest BCUT2D eigenvalue weighted by Crippen LogP contribution is 2.27. The Morgan fingerprint density at radius 2 is 1.74 bits per heavy atom. The van der Waals surface area contributed by atoms with Gasteiger partial charge in [0.05, 0.1) is 5.92 Å². The molecule has 0 aliphatic carbocycles. The molecule has 2 aliphatic rings. The molecule has 102 valence electrons. The lowest BCUT2D eigenvalue weighted by molar-refractivity contribution is -0.148. The van der Waals surface area contributed by atoms with E-state index in [0.717, 1.165) is 39.0 Å². The summed E-state index contributed by atoms with van der Waals surface area (Å²) in [6.07, 6.45) is 2.28. The molecule has 0 aromatic heterocycles. The first-order valence-electron chi connectivity index (χ1n) is 7.01. The SMILES string of the molecule is O=C(O)C1CN(C2CCN(c3ccccc3)CC2)C1. The second-order valence-electron chi connectivity index (χ2n) is 5.54. The Labute approximate surface area is 113 Å². The molecule has 0 amide bonds. The van der Waals surface area contributed by atoms with Crippen molar-refractivity contribution in [2.24, 2.45) is 5.92 Å². The monoisotopic (exact) mass is 260 g/mol. The lowest BCUT2D eigenvalue weighted by Gasteiger charge is -2.46. The fourth-order valence-corrected chi connectivity index (χ4v) is 3.10. The molecule has 0 saturated carbocycles. The van der Waals surface area contributed by atoms with Gasteiger partial charge in [0, 0.05) is 37.9 Å². The molecule has 0 radical (unpaired) electrons. The third-order valence-electron chi connectivity index (χ3n) is 4.36. The van der Waals surface area contributed by atoms with E-state index in [-0.39, 0.29) is 5.92 Å². The molecule has 19 heavy (non-hydrogen) atoms. The Morgan fingerprint density at radius 3 is 2.32 bits per heavy atom. The maximum Gasteiger partial charge on any atom is 0.309 e. The molecule has 0 atom stereocenters. The van der Waals surface area contributed by atoms with Gasteiger partial charge in [0.25, 0.3) is 0 Å². The maximum absolute atomic E-state index is 10.8. The summed E-state index contributed by atoms with van der Waals surface area (Å²) in [5.74, 6) is -0.773. The van der Waals surface area contributed by atoms with Crippen LogP contribution in [-0.2, 0) is 4.79 Å². The van der Waals surface area contributed by atoms with E-state index in [2.05, 4.69) is 34.1 Å². The van der Waals surface area contributed by atoms with Crippen LogP contribution in [0.15, 0.2) is 30.3 Å². The van der Waals surface area contributed by atoms with Crippen molar-refractivity contribution in [2.45, 2.75) is 18.9 Å². The van der Waals surface area contributed by atoms with E-state index in [9.17, 15) is 4.79 Å². The lowest BCUT2D eigenvalue weighted by Crippen LogP contribution is -2.57. The zero-order chi connectivity index (χ0) is 13.2. The number of carboxylic acid groups (broad SMARTS) is 1. The molecule has 1 aromatic rings. The number of piperidine rings is 1. The fourth-order valence-electron chi connectivity index (χ4n) is 3.10. The highest BCUT2D eigenvalue weighted by atomic mass is 16.4. The molecule has 1 N–H and O–H groups in total. The molecule has 0 spiro atoms. The third kappa shape index (κ3) is 2.59. The normalized spacial score (nSPS) is 22.2. The second-order valence-corrected chi connectivity index (χ2v) is 5.54. The summed E-state index contributed by atoms with van der Waals surface area (Å²) in [7, 11) is 0. The van der Waals surface area contributed by atoms with Crippen LogP contribution in [0.5, 0.6) is 0 Å². The Hall–Kier alpha value is -1.55. The van der Waals surface area contributed by atoms with Gasteiger partial charge >= 0.3 is 5.97 Å². The number of nitrogens with zero attached hydrogens (tertiary/aromatic N) is 2. The van der Waals surface area contributed by atoms with E-state index in [0.29, 0.717) is 6.04 Å². The van der Waals surface area contributed by atoms with Crippen molar-refractivity contribution in [2.75, 3.05) is 31.1 Å². The number of hydrogen-bond donors (Lipinski definition) is 1. The minimum atomic E-state index is -0.641.